The Balaban J connectivity index is 1.59. The van der Waals surface area contributed by atoms with Crippen molar-refractivity contribution in [3.8, 4) is 5.75 Å². The first-order valence-electron chi connectivity index (χ1n) is 9.22. The molecule has 1 heterocycles. The van der Waals surface area contributed by atoms with Crippen LogP contribution in [0, 0.1) is 6.92 Å². The Kier molecular flexibility index (Phi) is 5.33. The molecule has 0 atom stereocenters. The Bertz CT molecular complexity index is 683. The minimum Gasteiger partial charge on any atom is -0.488 e. The summed E-state index contributed by atoms with van der Waals surface area (Å²) in [4.78, 5) is 5.04. The molecule has 0 aliphatic carbocycles. The predicted molar refractivity (Wildman–Crippen MR) is 105 cm³/mol. The summed E-state index contributed by atoms with van der Waals surface area (Å²) in [6, 6.07) is 17.2. The van der Waals surface area contributed by atoms with Crippen molar-refractivity contribution in [1.82, 2.24) is 4.90 Å². The van der Waals surface area contributed by atoms with Crippen LogP contribution in [0.15, 0.2) is 48.5 Å². The van der Waals surface area contributed by atoms with Crippen molar-refractivity contribution in [1.29, 1.82) is 0 Å². The molecule has 134 valence electrons. The Labute approximate surface area is 152 Å². The first-order chi connectivity index (χ1) is 11.9. The molecular weight excluding hydrogens is 308 g/mol. The summed E-state index contributed by atoms with van der Waals surface area (Å²) in [6.07, 6.45) is 0. The summed E-state index contributed by atoms with van der Waals surface area (Å²) in [7, 11) is 0. The third-order valence-corrected chi connectivity index (χ3v) is 4.55. The van der Waals surface area contributed by atoms with Crippen LogP contribution >= 0.6 is 0 Å². The van der Waals surface area contributed by atoms with E-state index in [1.165, 1.54) is 16.8 Å². The van der Waals surface area contributed by atoms with Gasteiger partial charge < -0.3 is 9.64 Å². The molecule has 0 aromatic heterocycles. The van der Waals surface area contributed by atoms with E-state index >= 15 is 0 Å². The number of piperazine rings is 1. The lowest BCUT2D eigenvalue weighted by atomic mass is 10.1. The van der Waals surface area contributed by atoms with Gasteiger partial charge in [-0.1, -0.05) is 30.3 Å². The molecule has 0 N–H and O–H groups in total. The molecule has 0 saturated carbocycles. The molecular formula is C22H30N2O. The van der Waals surface area contributed by atoms with Crippen LogP contribution in [0.5, 0.6) is 5.75 Å². The van der Waals surface area contributed by atoms with Crippen LogP contribution in [-0.4, -0.2) is 36.7 Å². The van der Waals surface area contributed by atoms with Crippen LogP contribution in [0.2, 0.25) is 0 Å². The molecule has 0 radical (unpaired) electrons. The maximum atomic E-state index is 5.98. The van der Waals surface area contributed by atoms with Gasteiger partial charge in [-0.05, 0) is 57.0 Å². The van der Waals surface area contributed by atoms with Gasteiger partial charge in [-0.2, -0.15) is 0 Å². The van der Waals surface area contributed by atoms with Gasteiger partial charge in [-0.15, -0.1) is 0 Å². The van der Waals surface area contributed by atoms with Crippen molar-refractivity contribution < 1.29 is 4.74 Å². The largest absolute Gasteiger partial charge is 0.488 e. The van der Waals surface area contributed by atoms with E-state index in [4.69, 9.17) is 4.74 Å². The van der Waals surface area contributed by atoms with E-state index in [0.29, 0.717) is 0 Å². The van der Waals surface area contributed by atoms with Crippen LogP contribution < -0.4 is 9.64 Å². The fourth-order valence-corrected chi connectivity index (χ4v) is 3.39. The zero-order valence-electron chi connectivity index (χ0n) is 16.0. The van der Waals surface area contributed by atoms with Gasteiger partial charge in [-0.25, -0.2) is 0 Å². The molecule has 1 saturated heterocycles. The van der Waals surface area contributed by atoms with Crippen LogP contribution in [0.3, 0.4) is 0 Å². The van der Waals surface area contributed by atoms with Gasteiger partial charge in [0.25, 0.3) is 0 Å². The SMILES string of the molecule is Cc1cc(OC(C)(C)C)ccc1N1CCN(Cc2ccccc2)CC1. The van der Waals surface area contributed by atoms with Crippen molar-refractivity contribution >= 4 is 5.69 Å². The van der Waals surface area contributed by atoms with Gasteiger partial charge in [0.15, 0.2) is 0 Å². The topological polar surface area (TPSA) is 15.7 Å². The fourth-order valence-electron chi connectivity index (χ4n) is 3.39. The number of ether oxygens (including phenoxy) is 1. The molecule has 0 unspecified atom stereocenters. The second-order valence-corrected chi connectivity index (χ2v) is 7.91. The second-order valence-electron chi connectivity index (χ2n) is 7.91. The normalized spacial score (nSPS) is 16.1. The first kappa shape index (κ1) is 17.8. The number of aryl methyl sites for hydroxylation is 1. The lowest BCUT2D eigenvalue weighted by Gasteiger charge is -2.37. The molecule has 0 bridgehead atoms. The third kappa shape index (κ3) is 4.99. The zero-order valence-corrected chi connectivity index (χ0v) is 16.0. The van der Waals surface area contributed by atoms with E-state index in [9.17, 15) is 0 Å². The minimum absolute atomic E-state index is 0.156. The average molecular weight is 338 g/mol. The van der Waals surface area contributed by atoms with Crippen molar-refractivity contribution in [2.75, 3.05) is 31.1 Å². The molecule has 25 heavy (non-hydrogen) atoms. The third-order valence-electron chi connectivity index (χ3n) is 4.55. The first-order valence-corrected chi connectivity index (χ1v) is 9.22. The highest BCUT2D eigenvalue weighted by Crippen LogP contribution is 2.28. The lowest BCUT2D eigenvalue weighted by molar-refractivity contribution is 0.131. The summed E-state index contributed by atoms with van der Waals surface area (Å²) in [6.45, 7) is 13.9. The van der Waals surface area contributed by atoms with Crippen LogP contribution in [-0.2, 0) is 6.54 Å². The molecule has 0 spiro atoms. The highest BCUT2D eigenvalue weighted by Gasteiger charge is 2.19. The van der Waals surface area contributed by atoms with E-state index in [1.807, 2.05) is 0 Å². The number of anilines is 1. The standard InChI is InChI=1S/C22H30N2O/c1-18-16-20(25-22(2,3)4)10-11-21(18)24-14-12-23(13-15-24)17-19-8-6-5-7-9-19/h5-11,16H,12-15,17H2,1-4H3. The maximum Gasteiger partial charge on any atom is 0.120 e. The Morgan fingerprint density at radius 1 is 0.920 bits per heavy atom. The average Bonchev–Trinajstić information content (AvgIpc) is 2.55. The van der Waals surface area contributed by atoms with Gasteiger partial charge in [0.05, 0.1) is 0 Å². The zero-order chi connectivity index (χ0) is 17.9. The maximum absolute atomic E-state index is 5.98. The quantitative estimate of drug-likeness (QED) is 0.816. The number of hydrogen-bond donors (Lipinski definition) is 0. The molecule has 2 aromatic rings. The molecule has 2 aromatic carbocycles. The second kappa shape index (κ2) is 7.49. The highest BCUT2D eigenvalue weighted by atomic mass is 16.5. The monoisotopic (exact) mass is 338 g/mol. The van der Waals surface area contributed by atoms with Crippen LogP contribution in [0.4, 0.5) is 5.69 Å². The fraction of sp³-hybridized carbons (Fsp3) is 0.455. The van der Waals surface area contributed by atoms with E-state index < -0.39 is 0 Å². The lowest BCUT2D eigenvalue weighted by Crippen LogP contribution is -2.46. The van der Waals surface area contributed by atoms with Crippen LogP contribution in [0.25, 0.3) is 0 Å². The van der Waals surface area contributed by atoms with E-state index in [1.54, 1.807) is 0 Å². The summed E-state index contributed by atoms with van der Waals surface area (Å²) in [5.74, 6) is 0.955. The summed E-state index contributed by atoms with van der Waals surface area (Å²) in [5, 5.41) is 0. The number of nitrogens with zero attached hydrogens (tertiary/aromatic N) is 2. The predicted octanol–water partition coefficient (Wildman–Crippen LogP) is 4.49. The van der Waals surface area contributed by atoms with Crippen molar-refractivity contribution in [3.05, 3.63) is 59.7 Å². The van der Waals surface area contributed by atoms with E-state index in [-0.39, 0.29) is 5.60 Å². The smallest absolute Gasteiger partial charge is 0.120 e. The summed E-state index contributed by atoms with van der Waals surface area (Å²) >= 11 is 0. The van der Waals surface area contributed by atoms with Gasteiger partial charge in [0.2, 0.25) is 0 Å². The van der Waals surface area contributed by atoms with Crippen LogP contribution in [0.1, 0.15) is 31.9 Å². The Morgan fingerprint density at radius 3 is 2.20 bits per heavy atom. The summed E-state index contributed by atoms with van der Waals surface area (Å²) in [5.41, 5.74) is 3.87. The van der Waals surface area contributed by atoms with E-state index in [2.05, 4.69) is 86.0 Å². The molecule has 3 heteroatoms. The highest BCUT2D eigenvalue weighted by molar-refractivity contribution is 5.56. The molecule has 1 aliphatic rings. The molecule has 1 fully saturated rings. The van der Waals surface area contributed by atoms with Gasteiger partial charge >= 0.3 is 0 Å². The molecule has 3 rings (SSSR count). The Morgan fingerprint density at radius 2 is 1.60 bits per heavy atom. The molecule has 0 amide bonds. The Hall–Kier alpha value is -2.00. The number of rotatable bonds is 4. The number of benzene rings is 2. The van der Waals surface area contributed by atoms with Crippen molar-refractivity contribution in [2.45, 2.75) is 39.8 Å². The van der Waals surface area contributed by atoms with E-state index in [0.717, 1.165) is 38.5 Å². The van der Waals surface area contributed by atoms with Crippen molar-refractivity contribution in [2.24, 2.45) is 0 Å². The van der Waals surface area contributed by atoms with Gasteiger partial charge in [0.1, 0.15) is 11.4 Å². The van der Waals surface area contributed by atoms with Crippen molar-refractivity contribution in [3.63, 3.8) is 0 Å². The molecule has 3 nitrogen and oxygen atoms in total. The molecule has 1 aliphatic heterocycles. The van der Waals surface area contributed by atoms with Gasteiger partial charge in [0, 0.05) is 38.4 Å². The van der Waals surface area contributed by atoms with Gasteiger partial charge in [-0.3, -0.25) is 4.90 Å². The summed E-state index contributed by atoms with van der Waals surface area (Å²) < 4.78 is 5.98. The number of hydrogen-bond acceptors (Lipinski definition) is 3. The minimum atomic E-state index is -0.156.